The highest BCUT2D eigenvalue weighted by molar-refractivity contribution is 5.36. The SMILES string of the molecule is CCCCCCC.CCOC=O. The normalized spacial score (nSPS) is 8.25. The molecule has 0 heterocycles. The van der Waals surface area contributed by atoms with Crippen LogP contribution in [0.15, 0.2) is 0 Å². The minimum absolute atomic E-state index is 0.431. The molecular weight excluding hydrogens is 152 g/mol. The van der Waals surface area contributed by atoms with Gasteiger partial charge in [-0.1, -0.05) is 46.0 Å². The summed E-state index contributed by atoms with van der Waals surface area (Å²) < 4.78 is 4.15. The number of carbonyl (C=O) groups excluding carboxylic acids is 1. The van der Waals surface area contributed by atoms with Crippen LogP contribution in [0.4, 0.5) is 0 Å². The predicted octanol–water partition coefficient (Wildman–Crippen LogP) is 3.16. The smallest absolute Gasteiger partial charge is 0.293 e. The molecule has 0 aliphatic rings. The van der Waals surface area contributed by atoms with E-state index in [1.165, 1.54) is 32.1 Å². The van der Waals surface area contributed by atoms with Crippen LogP contribution in [0.3, 0.4) is 0 Å². The monoisotopic (exact) mass is 174 g/mol. The van der Waals surface area contributed by atoms with E-state index in [-0.39, 0.29) is 0 Å². The van der Waals surface area contributed by atoms with Crippen LogP contribution in [-0.2, 0) is 9.53 Å². The van der Waals surface area contributed by atoms with Crippen LogP contribution in [0.5, 0.6) is 0 Å². The highest BCUT2D eigenvalue weighted by Crippen LogP contribution is 2.00. The molecule has 0 radical (unpaired) electrons. The summed E-state index contributed by atoms with van der Waals surface area (Å²) in [7, 11) is 0. The summed E-state index contributed by atoms with van der Waals surface area (Å²) in [6.45, 7) is 7.16. The van der Waals surface area contributed by atoms with Crippen molar-refractivity contribution < 1.29 is 9.53 Å². The maximum absolute atomic E-state index is 9.18. The number of hydrogen-bond acceptors (Lipinski definition) is 2. The molecule has 0 aromatic heterocycles. The number of carbonyl (C=O) groups is 1. The van der Waals surface area contributed by atoms with E-state index in [2.05, 4.69) is 18.6 Å². The minimum Gasteiger partial charge on any atom is -0.468 e. The van der Waals surface area contributed by atoms with Gasteiger partial charge in [0.2, 0.25) is 0 Å². The average Bonchev–Trinajstić information content (AvgIpc) is 2.08. The van der Waals surface area contributed by atoms with Gasteiger partial charge in [0, 0.05) is 0 Å². The molecule has 0 aliphatic carbocycles. The molecule has 0 saturated carbocycles. The summed E-state index contributed by atoms with van der Waals surface area (Å²) in [5.41, 5.74) is 0. The zero-order chi connectivity index (χ0) is 9.66. The second kappa shape index (κ2) is 16.8. The van der Waals surface area contributed by atoms with Crippen LogP contribution in [0.25, 0.3) is 0 Å². The van der Waals surface area contributed by atoms with Gasteiger partial charge < -0.3 is 4.74 Å². The van der Waals surface area contributed by atoms with E-state index in [1.807, 2.05) is 0 Å². The lowest BCUT2D eigenvalue weighted by molar-refractivity contribution is -0.128. The van der Waals surface area contributed by atoms with Gasteiger partial charge in [-0.15, -0.1) is 0 Å². The minimum atomic E-state index is 0.431. The van der Waals surface area contributed by atoms with Crippen molar-refractivity contribution in [2.75, 3.05) is 6.61 Å². The van der Waals surface area contributed by atoms with Gasteiger partial charge in [-0.2, -0.15) is 0 Å². The summed E-state index contributed by atoms with van der Waals surface area (Å²) >= 11 is 0. The first-order valence-electron chi connectivity index (χ1n) is 4.88. The second-order valence-electron chi connectivity index (χ2n) is 2.61. The highest BCUT2D eigenvalue weighted by Gasteiger charge is 1.80. The van der Waals surface area contributed by atoms with Crippen LogP contribution >= 0.6 is 0 Å². The molecule has 74 valence electrons. The third kappa shape index (κ3) is 22.7. The molecule has 0 fully saturated rings. The second-order valence-corrected chi connectivity index (χ2v) is 2.61. The van der Waals surface area contributed by atoms with E-state index in [0.717, 1.165) is 0 Å². The Bertz CT molecular complexity index is 68.2. The Hall–Kier alpha value is -0.530. The molecule has 0 bridgehead atoms. The Morgan fingerprint density at radius 2 is 1.50 bits per heavy atom. The molecular formula is C10H22O2. The summed E-state index contributed by atoms with van der Waals surface area (Å²) in [4.78, 5) is 9.18. The third-order valence-electron chi connectivity index (χ3n) is 1.44. The molecule has 0 aliphatic heterocycles. The van der Waals surface area contributed by atoms with Crippen molar-refractivity contribution in [1.82, 2.24) is 0 Å². The lowest BCUT2D eigenvalue weighted by atomic mass is 10.2. The largest absolute Gasteiger partial charge is 0.468 e. The number of ether oxygens (including phenoxy) is 1. The predicted molar refractivity (Wildman–Crippen MR) is 52.1 cm³/mol. The van der Waals surface area contributed by atoms with Crippen LogP contribution in [-0.4, -0.2) is 13.1 Å². The Morgan fingerprint density at radius 1 is 1.00 bits per heavy atom. The molecule has 2 nitrogen and oxygen atoms in total. The lowest BCUT2D eigenvalue weighted by Crippen LogP contribution is -1.80. The average molecular weight is 174 g/mol. The van der Waals surface area contributed by atoms with Crippen molar-refractivity contribution >= 4 is 6.47 Å². The first kappa shape index (κ1) is 14.0. The maximum Gasteiger partial charge on any atom is 0.293 e. The summed E-state index contributed by atoms with van der Waals surface area (Å²) in [5.74, 6) is 0. The van der Waals surface area contributed by atoms with Gasteiger partial charge >= 0.3 is 0 Å². The molecule has 0 unspecified atom stereocenters. The standard InChI is InChI=1S/C7H16.C3H6O2/c1-3-5-7-6-4-2;1-2-5-3-4/h3-7H2,1-2H3;3H,2H2,1H3. The fourth-order valence-electron chi connectivity index (χ4n) is 0.745. The van der Waals surface area contributed by atoms with Crippen molar-refractivity contribution in [3.63, 3.8) is 0 Å². The summed E-state index contributed by atoms with van der Waals surface area (Å²) in [5, 5.41) is 0. The van der Waals surface area contributed by atoms with E-state index < -0.39 is 0 Å². The molecule has 2 heteroatoms. The Balaban J connectivity index is 0. The van der Waals surface area contributed by atoms with Gasteiger partial charge in [-0.25, -0.2) is 0 Å². The lowest BCUT2D eigenvalue weighted by Gasteiger charge is -1.90. The van der Waals surface area contributed by atoms with Crippen LogP contribution in [0, 0.1) is 0 Å². The fraction of sp³-hybridized carbons (Fsp3) is 0.900. The third-order valence-corrected chi connectivity index (χ3v) is 1.44. The molecule has 0 aromatic carbocycles. The van der Waals surface area contributed by atoms with Crippen molar-refractivity contribution in [2.24, 2.45) is 0 Å². The van der Waals surface area contributed by atoms with Crippen molar-refractivity contribution in [3.05, 3.63) is 0 Å². The molecule has 0 aromatic rings. The first-order valence-corrected chi connectivity index (χ1v) is 4.88. The van der Waals surface area contributed by atoms with Gasteiger partial charge in [0.1, 0.15) is 0 Å². The number of rotatable bonds is 6. The van der Waals surface area contributed by atoms with E-state index in [4.69, 9.17) is 0 Å². The Morgan fingerprint density at radius 3 is 1.67 bits per heavy atom. The van der Waals surface area contributed by atoms with Gasteiger partial charge in [0.25, 0.3) is 6.47 Å². The fourth-order valence-corrected chi connectivity index (χ4v) is 0.745. The van der Waals surface area contributed by atoms with E-state index in [0.29, 0.717) is 13.1 Å². The van der Waals surface area contributed by atoms with Crippen LogP contribution < -0.4 is 0 Å². The van der Waals surface area contributed by atoms with Gasteiger partial charge in [-0.3, -0.25) is 4.79 Å². The highest BCUT2D eigenvalue weighted by atomic mass is 16.5. The quantitative estimate of drug-likeness (QED) is 0.456. The molecule has 12 heavy (non-hydrogen) atoms. The zero-order valence-electron chi connectivity index (χ0n) is 8.64. The molecule has 0 spiro atoms. The zero-order valence-corrected chi connectivity index (χ0v) is 8.64. The molecule has 0 rings (SSSR count). The van der Waals surface area contributed by atoms with Crippen molar-refractivity contribution in [3.8, 4) is 0 Å². The van der Waals surface area contributed by atoms with E-state index in [9.17, 15) is 4.79 Å². The number of unbranched alkanes of at least 4 members (excludes halogenated alkanes) is 4. The summed E-state index contributed by atoms with van der Waals surface area (Å²) in [6, 6.07) is 0. The van der Waals surface area contributed by atoms with Crippen molar-refractivity contribution in [2.45, 2.75) is 52.9 Å². The van der Waals surface area contributed by atoms with Gasteiger partial charge in [-0.05, 0) is 6.92 Å². The Labute approximate surface area is 76.3 Å². The van der Waals surface area contributed by atoms with Crippen LogP contribution in [0.1, 0.15) is 52.9 Å². The molecule has 0 atom stereocenters. The van der Waals surface area contributed by atoms with Crippen LogP contribution in [0.2, 0.25) is 0 Å². The topological polar surface area (TPSA) is 26.3 Å². The number of hydrogen-bond donors (Lipinski definition) is 0. The van der Waals surface area contributed by atoms with E-state index in [1.54, 1.807) is 6.92 Å². The Kier molecular flexibility index (Phi) is 19.7. The summed E-state index contributed by atoms with van der Waals surface area (Å²) in [6.07, 6.45) is 7.01. The maximum atomic E-state index is 9.18. The molecule has 0 saturated heterocycles. The van der Waals surface area contributed by atoms with E-state index >= 15 is 0 Å². The molecule has 0 amide bonds. The molecule has 0 N–H and O–H groups in total. The van der Waals surface area contributed by atoms with Gasteiger partial charge in [0.15, 0.2) is 0 Å². The van der Waals surface area contributed by atoms with Crippen molar-refractivity contribution in [1.29, 1.82) is 0 Å². The first-order chi connectivity index (χ1) is 5.83. The van der Waals surface area contributed by atoms with Gasteiger partial charge in [0.05, 0.1) is 6.61 Å².